The lowest BCUT2D eigenvalue weighted by Crippen LogP contribution is -2.30. The van der Waals surface area contributed by atoms with E-state index >= 15 is 0 Å². The average molecular weight is 265 g/mol. The summed E-state index contributed by atoms with van der Waals surface area (Å²) in [5.74, 6) is 0.943. The number of aromatic nitrogens is 1. The van der Waals surface area contributed by atoms with Crippen LogP contribution in [-0.4, -0.2) is 49.0 Å². The van der Waals surface area contributed by atoms with E-state index in [1.165, 1.54) is 0 Å². The second-order valence-corrected chi connectivity index (χ2v) is 5.36. The summed E-state index contributed by atoms with van der Waals surface area (Å²) >= 11 is 0. The fourth-order valence-electron chi connectivity index (χ4n) is 2.26. The molecule has 2 rings (SSSR count). The van der Waals surface area contributed by atoms with Crippen LogP contribution >= 0.6 is 0 Å². The molecule has 1 aliphatic rings. The SMILES string of the molecule is COCCNCc1ccc(N2CCC(C)(O)C2)nc1. The van der Waals surface area contributed by atoms with Crippen molar-refractivity contribution in [2.45, 2.75) is 25.5 Å². The van der Waals surface area contributed by atoms with Crippen LogP contribution in [0.2, 0.25) is 0 Å². The standard InChI is InChI=1S/C14H23N3O2/c1-14(18)5-7-17(11-14)13-4-3-12(10-16-13)9-15-6-8-19-2/h3-4,10,15,18H,5-9,11H2,1-2H3. The molecule has 2 N–H and O–H groups in total. The molecule has 0 radical (unpaired) electrons. The Labute approximate surface area is 114 Å². The van der Waals surface area contributed by atoms with E-state index in [1.807, 2.05) is 19.2 Å². The fraction of sp³-hybridized carbons (Fsp3) is 0.643. The van der Waals surface area contributed by atoms with E-state index < -0.39 is 5.60 Å². The highest BCUT2D eigenvalue weighted by atomic mass is 16.5. The lowest BCUT2D eigenvalue weighted by atomic mass is 10.1. The van der Waals surface area contributed by atoms with E-state index in [-0.39, 0.29) is 0 Å². The molecule has 5 nitrogen and oxygen atoms in total. The van der Waals surface area contributed by atoms with Crippen LogP contribution in [0.5, 0.6) is 0 Å². The van der Waals surface area contributed by atoms with Crippen LogP contribution in [0, 0.1) is 0 Å². The van der Waals surface area contributed by atoms with Crippen LogP contribution in [0.4, 0.5) is 5.82 Å². The van der Waals surface area contributed by atoms with Crippen molar-refractivity contribution in [2.75, 3.05) is 38.3 Å². The van der Waals surface area contributed by atoms with Gasteiger partial charge in [0.05, 0.1) is 12.2 Å². The quantitative estimate of drug-likeness (QED) is 0.744. The number of nitrogens with zero attached hydrogens (tertiary/aromatic N) is 2. The molecular formula is C14H23N3O2. The number of hydrogen-bond donors (Lipinski definition) is 2. The Kier molecular flexibility index (Phi) is 4.74. The molecule has 2 heterocycles. The number of rotatable bonds is 6. The summed E-state index contributed by atoms with van der Waals surface area (Å²) in [5, 5.41) is 13.2. The second-order valence-electron chi connectivity index (χ2n) is 5.36. The number of hydrogen-bond acceptors (Lipinski definition) is 5. The Hall–Kier alpha value is -1.17. The minimum absolute atomic E-state index is 0.581. The Bertz CT molecular complexity index is 392. The second kappa shape index (κ2) is 6.32. The van der Waals surface area contributed by atoms with Crippen molar-refractivity contribution in [2.24, 2.45) is 0 Å². The molecule has 0 saturated carbocycles. The zero-order valence-electron chi connectivity index (χ0n) is 11.7. The Morgan fingerprint density at radius 2 is 2.37 bits per heavy atom. The number of nitrogens with one attached hydrogen (secondary N) is 1. The fourth-order valence-corrected chi connectivity index (χ4v) is 2.26. The van der Waals surface area contributed by atoms with Gasteiger partial charge in [-0.25, -0.2) is 4.98 Å². The van der Waals surface area contributed by atoms with Gasteiger partial charge < -0.3 is 20.1 Å². The van der Waals surface area contributed by atoms with E-state index in [2.05, 4.69) is 21.3 Å². The van der Waals surface area contributed by atoms with Crippen LogP contribution in [0.15, 0.2) is 18.3 Å². The summed E-state index contributed by atoms with van der Waals surface area (Å²) < 4.78 is 4.98. The van der Waals surface area contributed by atoms with Gasteiger partial charge in [-0.05, 0) is 25.0 Å². The molecule has 0 aliphatic carbocycles. The van der Waals surface area contributed by atoms with Crippen LogP contribution in [0.1, 0.15) is 18.9 Å². The minimum Gasteiger partial charge on any atom is -0.388 e. The molecule has 19 heavy (non-hydrogen) atoms. The zero-order valence-corrected chi connectivity index (χ0v) is 11.7. The van der Waals surface area contributed by atoms with E-state index in [9.17, 15) is 5.11 Å². The number of methoxy groups -OCH3 is 1. The third kappa shape index (κ3) is 4.16. The molecule has 106 valence electrons. The molecule has 1 aromatic heterocycles. The third-order valence-corrected chi connectivity index (χ3v) is 3.40. The van der Waals surface area contributed by atoms with E-state index in [0.717, 1.165) is 37.4 Å². The Morgan fingerprint density at radius 3 is 2.95 bits per heavy atom. The van der Waals surface area contributed by atoms with Gasteiger partial charge in [-0.15, -0.1) is 0 Å². The van der Waals surface area contributed by atoms with Crippen molar-refractivity contribution < 1.29 is 9.84 Å². The van der Waals surface area contributed by atoms with Gasteiger partial charge in [0.2, 0.25) is 0 Å². The first kappa shape index (κ1) is 14.2. The maximum absolute atomic E-state index is 9.96. The van der Waals surface area contributed by atoms with Crippen molar-refractivity contribution in [3.8, 4) is 0 Å². The lowest BCUT2D eigenvalue weighted by Gasteiger charge is -2.19. The molecule has 0 amide bonds. The van der Waals surface area contributed by atoms with Gasteiger partial charge in [0.15, 0.2) is 0 Å². The zero-order chi connectivity index (χ0) is 13.7. The molecule has 1 aromatic rings. The summed E-state index contributed by atoms with van der Waals surface area (Å²) in [7, 11) is 1.70. The number of aliphatic hydroxyl groups is 1. The summed E-state index contributed by atoms with van der Waals surface area (Å²) in [6.45, 7) is 5.76. The molecule has 1 aliphatic heterocycles. The van der Waals surface area contributed by atoms with Crippen molar-refractivity contribution in [3.05, 3.63) is 23.9 Å². The van der Waals surface area contributed by atoms with E-state index in [4.69, 9.17) is 4.74 Å². The van der Waals surface area contributed by atoms with Gasteiger partial charge >= 0.3 is 0 Å². The molecule has 1 fully saturated rings. The van der Waals surface area contributed by atoms with Crippen molar-refractivity contribution in [1.29, 1.82) is 0 Å². The topological polar surface area (TPSA) is 57.6 Å². The molecule has 0 bridgehead atoms. The molecule has 0 aromatic carbocycles. The van der Waals surface area contributed by atoms with Gasteiger partial charge in [-0.2, -0.15) is 0 Å². The molecule has 1 unspecified atom stereocenters. The predicted octanol–water partition coefficient (Wildman–Crippen LogP) is 0.779. The lowest BCUT2D eigenvalue weighted by molar-refractivity contribution is 0.0839. The molecule has 1 atom stereocenters. The molecule has 0 spiro atoms. The summed E-state index contributed by atoms with van der Waals surface area (Å²) in [6, 6.07) is 4.10. The van der Waals surface area contributed by atoms with E-state index in [0.29, 0.717) is 13.2 Å². The normalized spacial score (nSPS) is 23.0. The van der Waals surface area contributed by atoms with Crippen molar-refractivity contribution >= 4 is 5.82 Å². The molecule has 5 heteroatoms. The highest BCUT2D eigenvalue weighted by Crippen LogP contribution is 2.24. The van der Waals surface area contributed by atoms with Crippen molar-refractivity contribution in [1.82, 2.24) is 10.3 Å². The molecule has 1 saturated heterocycles. The van der Waals surface area contributed by atoms with Crippen LogP contribution in [-0.2, 0) is 11.3 Å². The van der Waals surface area contributed by atoms with Crippen LogP contribution < -0.4 is 10.2 Å². The summed E-state index contributed by atoms with van der Waals surface area (Å²) in [6.07, 6.45) is 2.69. The van der Waals surface area contributed by atoms with Gasteiger partial charge in [-0.3, -0.25) is 0 Å². The number of ether oxygens (including phenoxy) is 1. The maximum atomic E-state index is 9.96. The van der Waals surface area contributed by atoms with Crippen LogP contribution in [0.25, 0.3) is 0 Å². The van der Waals surface area contributed by atoms with Crippen LogP contribution in [0.3, 0.4) is 0 Å². The van der Waals surface area contributed by atoms with Gasteiger partial charge in [-0.1, -0.05) is 6.07 Å². The average Bonchev–Trinajstić information content (AvgIpc) is 2.76. The first-order valence-corrected chi connectivity index (χ1v) is 6.73. The van der Waals surface area contributed by atoms with Gasteiger partial charge in [0.1, 0.15) is 5.82 Å². The monoisotopic (exact) mass is 265 g/mol. The molecular weight excluding hydrogens is 242 g/mol. The maximum Gasteiger partial charge on any atom is 0.128 e. The number of β-amino-alcohol motifs (C(OH)–C–C–N with tert-alkyl or cyclic N) is 1. The predicted molar refractivity (Wildman–Crippen MR) is 75.3 cm³/mol. The first-order valence-electron chi connectivity index (χ1n) is 6.73. The summed E-state index contributed by atoms with van der Waals surface area (Å²) in [4.78, 5) is 6.60. The smallest absolute Gasteiger partial charge is 0.128 e. The van der Waals surface area contributed by atoms with Gasteiger partial charge in [0, 0.05) is 39.5 Å². The highest BCUT2D eigenvalue weighted by Gasteiger charge is 2.31. The highest BCUT2D eigenvalue weighted by molar-refractivity contribution is 5.41. The van der Waals surface area contributed by atoms with Gasteiger partial charge in [0.25, 0.3) is 0 Å². The third-order valence-electron chi connectivity index (χ3n) is 3.40. The number of anilines is 1. The summed E-state index contributed by atoms with van der Waals surface area (Å²) in [5.41, 5.74) is 0.577. The Balaban J connectivity index is 1.85. The largest absolute Gasteiger partial charge is 0.388 e. The van der Waals surface area contributed by atoms with E-state index in [1.54, 1.807) is 7.11 Å². The Morgan fingerprint density at radius 1 is 1.53 bits per heavy atom. The minimum atomic E-state index is -0.581. The first-order chi connectivity index (χ1) is 9.11. The van der Waals surface area contributed by atoms with Crippen molar-refractivity contribution in [3.63, 3.8) is 0 Å². The number of pyridine rings is 1.